The standard InChI is InChI=1S/C31H42N2O5/c1-19-4-5-20(17-32-19)26(35)18-33-28(36)10-11-29(37)38-27-9-8-24-23-7-6-21-16-22(34)12-14-30(21,2)25(23)13-15-31(24,27)3/h4-5,16-17,23-27,35H,6-15,18H2,1-3H3,(H,33,36)/t23-,24-,25-,26+,27-,30-,31-/m0/s1. The lowest BCUT2D eigenvalue weighted by Gasteiger charge is -2.57. The van der Waals surface area contributed by atoms with Gasteiger partial charge in [0, 0.05) is 42.3 Å². The number of amides is 1. The molecular formula is C31H42N2O5. The van der Waals surface area contributed by atoms with Gasteiger partial charge in [0.15, 0.2) is 5.78 Å². The van der Waals surface area contributed by atoms with Gasteiger partial charge in [-0.25, -0.2) is 0 Å². The topological polar surface area (TPSA) is 106 Å². The van der Waals surface area contributed by atoms with Gasteiger partial charge >= 0.3 is 5.97 Å². The maximum atomic E-state index is 12.8. The zero-order chi connectivity index (χ0) is 27.1. The normalized spacial score (nSPS) is 34.8. The molecule has 1 heterocycles. The molecule has 4 aliphatic carbocycles. The van der Waals surface area contributed by atoms with E-state index in [9.17, 15) is 19.5 Å². The van der Waals surface area contributed by atoms with Crippen LogP contribution in [0.15, 0.2) is 30.0 Å². The molecule has 1 aromatic heterocycles. The molecule has 0 bridgehead atoms. The molecule has 5 rings (SSSR count). The fourth-order valence-corrected chi connectivity index (χ4v) is 8.23. The Morgan fingerprint density at radius 1 is 1.11 bits per heavy atom. The van der Waals surface area contributed by atoms with Gasteiger partial charge in [0.25, 0.3) is 0 Å². The Morgan fingerprint density at radius 2 is 1.92 bits per heavy atom. The lowest BCUT2D eigenvalue weighted by molar-refractivity contribution is -0.160. The van der Waals surface area contributed by atoms with Crippen molar-refractivity contribution >= 4 is 17.7 Å². The summed E-state index contributed by atoms with van der Waals surface area (Å²) in [6.45, 7) is 6.65. The summed E-state index contributed by atoms with van der Waals surface area (Å²) in [5, 5.41) is 13.0. The lowest BCUT2D eigenvalue weighted by atomic mass is 9.47. The number of esters is 1. The van der Waals surface area contributed by atoms with Crippen LogP contribution in [0, 0.1) is 35.5 Å². The summed E-state index contributed by atoms with van der Waals surface area (Å²) < 4.78 is 6.03. The molecule has 0 aliphatic heterocycles. The average Bonchev–Trinajstić information content (AvgIpc) is 3.22. The minimum atomic E-state index is -0.841. The zero-order valence-electron chi connectivity index (χ0n) is 23.0. The van der Waals surface area contributed by atoms with Crippen molar-refractivity contribution in [3.05, 3.63) is 41.2 Å². The SMILES string of the molecule is Cc1ccc([C@H](O)CNC(=O)CCC(=O)O[C@H]2CC[C@H]3[C@@H]4CCC5=CC(=O)CC[C@]5(C)[C@H]4CC[C@]23C)cn1. The summed E-state index contributed by atoms with van der Waals surface area (Å²) in [5.74, 6) is 1.46. The predicted octanol–water partition coefficient (Wildman–Crippen LogP) is 4.76. The largest absolute Gasteiger partial charge is 0.462 e. The van der Waals surface area contributed by atoms with Crippen molar-refractivity contribution in [2.75, 3.05) is 6.54 Å². The molecule has 7 heteroatoms. The maximum absolute atomic E-state index is 12.8. The molecular weight excluding hydrogens is 480 g/mol. The van der Waals surface area contributed by atoms with Gasteiger partial charge < -0.3 is 15.2 Å². The molecule has 0 spiro atoms. The van der Waals surface area contributed by atoms with Crippen LogP contribution in [0.5, 0.6) is 0 Å². The number of aliphatic hydroxyl groups is 1. The van der Waals surface area contributed by atoms with Gasteiger partial charge in [-0.15, -0.1) is 0 Å². The number of nitrogens with one attached hydrogen (secondary N) is 1. The second-order valence-corrected chi connectivity index (χ2v) is 12.6. The Bertz CT molecular complexity index is 1110. The first-order valence-electron chi connectivity index (χ1n) is 14.4. The van der Waals surface area contributed by atoms with Gasteiger partial charge in [0.05, 0.1) is 12.5 Å². The van der Waals surface area contributed by atoms with Crippen LogP contribution in [0.3, 0.4) is 0 Å². The van der Waals surface area contributed by atoms with Crippen molar-refractivity contribution < 1.29 is 24.2 Å². The summed E-state index contributed by atoms with van der Waals surface area (Å²) in [4.78, 5) is 41.3. The summed E-state index contributed by atoms with van der Waals surface area (Å²) in [6.07, 6.45) is 10.6. The number of aryl methyl sites for hydroxylation is 1. The Balaban J connectivity index is 1.12. The number of pyridine rings is 1. The van der Waals surface area contributed by atoms with Crippen molar-refractivity contribution in [3.8, 4) is 0 Å². The summed E-state index contributed by atoms with van der Waals surface area (Å²) in [5.41, 5.74) is 3.00. The fourth-order valence-electron chi connectivity index (χ4n) is 8.23. The molecule has 3 fully saturated rings. The maximum Gasteiger partial charge on any atom is 0.306 e. The van der Waals surface area contributed by atoms with Crippen molar-refractivity contribution in [3.63, 3.8) is 0 Å². The van der Waals surface area contributed by atoms with Crippen LogP contribution in [0.2, 0.25) is 0 Å². The number of rotatable bonds is 7. The molecule has 7 atom stereocenters. The lowest BCUT2D eigenvalue weighted by Crippen LogP contribution is -2.51. The first-order chi connectivity index (χ1) is 18.1. The van der Waals surface area contributed by atoms with Gasteiger partial charge in [0.1, 0.15) is 6.10 Å². The zero-order valence-corrected chi connectivity index (χ0v) is 23.0. The average molecular weight is 523 g/mol. The summed E-state index contributed by atoms with van der Waals surface area (Å²) in [6, 6.07) is 3.61. The quantitative estimate of drug-likeness (QED) is 0.500. The van der Waals surface area contributed by atoms with Crippen molar-refractivity contribution in [2.45, 2.75) is 97.2 Å². The van der Waals surface area contributed by atoms with Crippen LogP contribution >= 0.6 is 0 Å². The smallest absolute Gasteiger partial charge is 0.306 e. The minimum Gasteiger partial charge on any atom is -0.462 e. The van der Waals surface area contributed by atoms with E-state index in [2.05, 4.69) is 24.1 Å². The number of hydrogen-bond acceptors (Lipinski definition) is 6. The summed E-state index contributed by atoms with van der Waals surface area (Å²) in [7, 11) is 0. The number of carbonyl (C=O) groups excluding carboxylic acids is 3. The number of hydrogen-bond donors (Lipinski definition) is 2. The minimum absolute atomic E-state index is 0.0205. The van der Waals surface area contributed by atoms with Crippen molar-refractivity contribution in [1.82, 2.24) is 10.3 Å². The van der Waals surface area contributed by atoms with Gasteiger partial charge in [0.2, 0.25) is 5.91 Å². The molecule has 4 aliphatic rings. The van der Waals surface area contributed by atoms with E-state index >= 15 is 0 Å². The van der Waals surface area contributed by atoms with E-state index in [1.165, 1.54) is 5.57 Å². The second-order valence-electron chi connectivity index (χ2n) is 12.6. The van der Waals surface area contributed by atoms with Gasteiger partial charge in [-0.1, -0.05) is 25.5 Å². The van der Waals surface area contributed by atoms with Gasteiger partial charge in [-0.2, -0.15) is 0 Å². The Kier molecular flexibility index (Phi) is 7.51. The number of nitrogens with zero attached hydrogens (tertiary/aromatic N) is 1. The van der Waals surface area contributed by atoms with Gasteiger partial charge in [-0.3, -0.25) is 19.4 Å². The Hall–Kier alpha value is -2.54. The molecule has 0 saturated heterocycles. The highest BCUT2D eigenvalue weighted by atomic mass is 16.5. The third kappa shape index (κ3) is 5.06. The fraction of sp³-hybridized carbons (Fsp3) is 0.677. The second kappa shape index (κ2) is 10.6. The Labute approximate surface area is 225 Å². The molecule has 3 saturated carbocycles. The van der Waals surface area contributed by atoms with Gasteiger partial charge in [-0.05, 0) is 87.2 Å². The highest BCUT2D eigenvalue weighted by Gasteiger charge is 2.59. The number of ether oxygens (including phenoxy) is 1. The van der Waals surface area contributed by atoms with Crippen LogP contribution < -0.4 is 5.32 Å². The first kappa shape index (κ1) is 27.0. The molecule has 0 aromatic carbocycles. The van der Waals surface area contributed by atoms with Crippen LogP contribution in [0.25, 0.3) is 0 Å². The molecule has 1 amide bonds. The molecule has 206 valence electrons. The molecule has 2 N–H and O–H groups in total. The van der Waals surface area contributed by atoms with E-state index in [0.29, 0.717) is 29.7 Å². The number of allylic oxidation sites excluding steroid dienone is 1. The Morgan fingerprint density at radius 3 is 2.68 bits per heavy atom. The monoisotopic (exact) mass is 522 g/mol. The number of ketones is 1. The van der Waals surface area contributed by atoms with Crippen molar-refractivity contribution in [2.24, 2.45) is 28.6 Å². The van der Waals surface area contributed by atoms with E-state index < -0.39 is 6.10 Å². The van der Waals surface area contributed by atoms with Crippen LogP contribution in [-0.4, -0.2) is 40.4 Å². The highest BCUT2D eigenvalue weighted by Crippen LogP contribution is 2.65. The number of aromatic nitrogens is 1. The molecule has 1 aromatic rings. The van der Waals surface area contributed by atoms with Crippen LogP contribution in [-0.2, 0) is 19.1 Å². The molecule has 0 radical (unpaired) electrons. The first-order valence-corrected chi connectivity index (χ1v) is 14.4. The van der Waals surface area contributed by atoms with E-state index in [1.54, 1.807) is 12.3 Å². The highest BCUT2D eigenvalue weighted by molar-refractivity contribution is 5.91. The van der Waals surface area contributed by atoms with E-state index in [0.717, 1.165) is 50.6 Å². The number of fused-ring (bicyclic) bond motifs is 5. The number of carbonyl (C=O) groups is 3. The van der Waals surface area contributed by atoms with Crippen molar-refractivity contribution in [1.29, 1.82) is 0 Å². The van der Waals surface area contributed by atoms with Crippen LogP contribution in [0.4, 0.5) is 0 Å². The molecule has 7 nitrogen and oxygen atoms in total. The summed E-state index contributed by atoms with van der Waals surface area (Å²) >= 11 is 0. The molecule has 0 unspecified atom stereocenters. The predicted molar refractivity (Wildman–Crippen MR) is 143 cm³/mol. The number of aliphatic hydroxyl groups excluding tert-OH is 1. The van der Waals surface area contributed by atoms with E-state index in [-0.39, 0.29) is 54.0 Å². The molecule has 38 heavy (non-hydrogen) atoms. The third-order valence-corrected chi connectivity index (χ3v) is 10.5. The van der Waals surface area contributed by atoms with Crippen LogP contribution in [0.1, 0.15) is 95.4 Å². The third-order valence-electron chi connectivity index (χ3n) is 10.5. The van der Waals surface area contributed by atoms with E-state index in [4.69, 9.17) is 4.74 Å². The van der Waals surface area contributed by atoms with E-state index in [1.807, 2.05) is 19.1 Å².